The fourth-order valence-electron chi connectivity index (χ4n) is 1.49. The van der Waals surface area contributed by atoms with Gasteiger partial charge in [-0.15, -0.1) is 0 Å². The molecule has 0 bridgehead atoms. The molecular weight excluding hydrogens is 442 g/mol. The van der Waals surface area contributed by atoms with Crippen molar-refractivity contribution in [3.8, 4) is 0 Å². The van der Waals surface area contributed by atoms with Crippen molar-refractivity contribution < 1.29 is 4.79 Å². The zero-order chi connectivity index (χ0) is 14.0. The molecule has 19 heavy (non-hydrogen) atoms. The van der Waals surface area contributed by atoms with Crippen LogP contribution in [0.1, 0.15) is 10.4 Å². The first kappa shape index (κ1) is 14.6. The summed E-state index contributed by atoms with van der Waals surface area (Å²) in [6, 6.07) is 10.4. The fourth-order valence-corrected chi connectivity index (χ4v) is 2.74. The number of halogens is 3. The summed E-state index contributed by atoms with van der Waals surface area (Å²) >= 11 is 11.4. The summed E-state index contributed by atoms with van der Waals surface area (Å²) in [6.45, 7) is 0. The number of nitrogens with one attached hydrogen (secondary N) is 1. The second kappa shape index (κ2) is 6.11. The van der Waals surface area contributed by atoms with Crippen molar-refractivity contribution in [1.29, 1.82) is 0 Å². The average molecular weight is 451 g/mol. The smallest absolute Gasteiger partial charge is 0.256 e. The van der Waals surface area contributed by atoms with Gasteiger partial charge in [-0.25, -0.2) is 0 Å². The van der Waals surface area contributed by atoms with Crippen molar-refractivity contribution in [2.24, 2.45) is 0 Å². The molecule has 3 nitrogen and oxygen atoms in total. The summed E-state index contributed by atoms with van der Waals surface area (Å²) in [5.74, 6) is -0.211. The Morgan fingerprint density at radius 2 is 2.00 bits per heavy atom. The number of carbonyl (C=O) groups excluding carboxylic acids is 1. The number of hydrogen-bond acceptors (Lipinski definition) is 2. The van der Waals surface area contributed by atoms with E-state index in [1.165, 1.54) is 0 Å². The molecule has 0 fully saturated rings. The highest BCUT2D eigenvalue weighted by molar-refractivity contribution is 14.1. The zero-order valence-electron chi connectivity index (χ0n) is 9.58. The first-order chi connectivity index (χ1) is 8.97. The Bertz CT molecular complexity index is 649. The highest BCUT2D eigenvalue weighted by Gasteiger charge is 2.12. The van der Waals surface area contributed by atoms with Crippen LogP contribution in [-0.2, 0) is 0 Å². The second-order valence-electron chi connectivity index (χ2n) is 3.82. The van der Waals surface area contributed by atoms with E-state index in [1.807, 2.05) is 0 Å². The molecule has 2 aromatic rings. The van der Waals surface area contributed by atoms with E-state index in [0.29, 0.717) is 22.0 Å². The normalized spacial score (nSPS) is 10.3. The lowest BCUT2D eigenvalue weighted by atomic mass is 10.2. The summed E-state index contributed by atoms with van der Waals surface area (Å²) in [4.78, 5) is 12.2. The second-order valence-corrected chi connectivity index (χ2v) is 6.27. The van der Waals surface area contributed by atoms with Gasteiger partial charge >= 0.3 is 0 Å². The molecule has 6 heteroatoms. The van der Waals surface area contributed by atoms with Crippen LogP contribution in [0, 0.1) is 3.57 Å². The van der Waals surface area contributed by atoms with Crippen molar-refractivity contribution in [3.05, 3.63) is 55.0 Å². The predicted octanol–water partition coefficient (Wildman–Crippen LogP) is 4.54. The van der Waals surface area contributed by atoms with E-state index in [0.717, 1.165) is 8.04 Å². The minimum absolute atomic E-state index is 0.211. The van der Waals surface area contributed by atoms with E-state index in [4.69, 9.17) is 17.3 Å². The molecule has 0 aliphatic carbocycles. The average Bonchev–Trinajstić information content (AvgIpc) is 2.35. The minimum Gasteiger partial charge on any atom is -0.399 e. The summed E-state index contributed by atoms with van der Waals surface area (Å²) in [5, 5.41) is 3.35. The van der Waals surface area contributed by atoms with Gasteiger partial charge in [0.1, 0.15) is 0 Å². The van der Waals surface area contributed by atoms with Crippen molar-refractivity contribution >= 4 is 67.4 Å². The monoisotopic (exact) mass is 450 g/mol. The van der Waals surface area contributed by atoms with Crippen molar-refractivity contribution in [3.63, 3.8) is 0 Å². The molecule has 2 rings (SSSR count). The Morgan fingerprint density at radius 3 is 2.68 bits per heavy atom. The summed E-state index contributed by atoms with van der Waals surface area (Å²) in [5.41, 5.74) is 7.48. The van der Waals surface area contributed by atoms with E-state index < -0.39 is 0 Å². The highest BCUT2D eigenvalue weighted by Crippen LogP contribution is 2.26. The number of benzene rings is 2. The number of amides is 1. The largest absolute Gasteiger partial charge is 0.399 e. The number of rotatable bonds is 2. The number of nitrogen functional groups attached to an aromatic ring is 1. The molecule has 3 N–H and O–H groups in total. The summed E-state index contributed by atoms with van der Waals surface area (Å²) < 4.78 is 1.57. The quantitative estimate of drug-likeness (QED) is 0.520. The van der Waals surface area contributed by atoms with Gasteiger partial charge in [0.25, 0.3) is 5.91 Å². The molecule has 0 aliphatic rings. The lowest BCUT2D eigenvalue weighted by Gasteiger charge is -2.09. The predicted molar refractivity (Wildman–Crippen MR) is 90.7 cm³/mol. The molecule has 0 heterocycles. The van der Waals surface area contributed by atoms with E-state index in [-0.39, 0.29) is 5.91 Å². The number of nitrogens with two attached hydrogens (primary N) is 1. The molecule has 0 saturated carbocycles. The standard InChI is InChI=1S/C13H9BrClIN2O/c14-10-6-8(17)2-4-12(10)18-13(19)9-5-7(15)1-3-11(9)16/h1-6H,17H2,(H,18,19). The van der Waals surface area contributed by atoms with Crippen LogP contribution in [0.2, 0.25) is 5.02 Å². The fraction of sp³-hybridized carbons (Fsp3) is 0. The van der Waals surface area contributed by atoms with E-state index in [9.17, 15) is 4.79 Å². The van der Waals surface area contributed by atoms with Gasteiger partial charge in [-0.2, -0.15) is 0 Å². The molecule has 0 aromatic heterocycles. The summed E-state index contributed by atoms with van der Waals surface area (Å²) in [7, 11) is 0. The molecule has 0 aliphatic heterocycles. The molecule has 0 atom stereocenters. The van der Waals surface area contributed by atoms with Gasteiger partial charge in [-0.05, 0) is 74.9 Å². The maximum Gasteiger partial charge on any atom is 0.256 e. The zero-order valence-corrected chi connectivity index (χ0v) is 14.1. The Labute approximate surface area is 137 Å². The minimum atomic E-state index is -0.211. The van der Waals surface area contributed by atoms with Crippen LogP contribution in [0.15, 0.2) is 40.9 Å². The van der Waals surface area contributed by atoms with Crippen molar-refractivity contribution in [2.75, 3.05) is 11.1 Å². The maximum absolute atomic E-state index is 12.2. The molecule has 0 radical (unpaired) electrons. The highest BCUT2D eigenvalue weighted by atomic mass is 127. The third-order valence-corrected chi connectivity index (χ3v) is 4.25. The van der Waals surface area contributed by atoms with Gasteiger partial charge in [0.2, 0.25) is 0 Å². The Morgan fingerprint density at radius 1 is 1.26 bits per heavy atom. The van der Waals surface area contributed by atoms with Crippen molar-refractivity contribution in [2.45, 2.75) is 0 Å². The number of hydrogen-bond donors (Lipinski definition) is 2. The Balaban J connectivity index is 2.28. The van der Waals surface area contributed by atoms with Crippen LogP contribution in [0.4, 0.5) is 11.4 Å². The third-order valence-electron chi connectivity index (χ3n) is 2.41. The van der Waals surface area contributed by atoms with Crippen LogP contribution in [0.3, 0.4) is 0 Å². The topological polar surface area (TPSA) is 55.1 Å². The molecule has 2 aromatic carbocycles. The van der Waals surface area contributed by atoms with Crippen molar-refractivity contribution in [1.82, 2.24) is 0 Å². The van der Waals surface area contributed by atoms with Gasteiger partial charge in [-0.3, -0.25) is 4.79 Å². The lowest BCUT2D eigenvalue weighted by Crippen LogP contribution is -2.13. The van der Waals surface area contributed by atoms with E-state index in [2.05, 4.69) is 43.8 Å². The van der Waals surface area contributed by atoms with Crippen LogP contribution >= 0.6 is 50.1 Å². The van der Waals surface area contributed by atoms with Gasteiger partial charge in [0.05, 0.1) is 11.3 Å². The maximum atomic E-state index is 12.2. The van der Waals surface area contributed by atoms with E-state index in [1.54, 1.807) is 36.4 Å². The summed E-state index contributed by atoms with van der Waals surface area (Å²) in [6.07, 6.45) is 0. The Kier molecular flexibility index (Phi) is 4.70. The van der Waals surface area contributed by atoms with E-state index >= 15 is 0 Å². The van der Waals surface area contributed by atoms with Crippen LogP contribution in [0.5, 0.6) is 0 Å². The molecule has 0 saturated heterocycles. The van der Waals surface area contributed by atoms with Gasteiger partial charge in [0, 0.05) is 18.8 Å². The first-order valence-electron chi connectivity index (χ1n) is 5.29. The molecule has 0 spiro atoms. The molecule has 0 unspecified atom stereocenters. The van der Waals surface area contributed by atoms with Gasteiger partial charge < -0.3 is 11.1 Å². The first-order valence-corrected chi connectivity index (χ1v) is 7.54. The molecule has 1 amide bonds. The lowest BCUT2D eigenvalue weighted by molar-refractivity contribution is 0.102. The number of carbonyl (C=O) groups is 1. The third kappa shape index (κ3) is 3.61. The molecular formula is C13H9BrClIN2O. The van der Waals surface area contributed by atoms with Crippen LogP contribution in [0.25, 0.3) is 0 Å². The number of anilines is 2. The van der Waals surface area contributed by atoms with Crippen LogP contribution in [-0.4, -0.2) is 5.91 Å². The molecule has 98 valence electrons. The Hall–Kier alpha value is -0.790. The van der Waals surface area contributed by atoms with Gasteiger partial charge in [0.15, 0.2) is 0 Å². The van der Waals surface area contributed by atoms with Gasteiger partial charge in [-0.1, -0.05) is 11.6 Å². The van der Waals surface area contributed by atoms with Crippen LogP contribution < -0.4 is 11.1 Å². The SMILES string of the molecule is Nc1ccc(NC(=O)c2cc(Cl)ccc2I)c(Br)c1.